The summed E-state index contributed by atoms with van der Waals surface area (Å²) in [6.07, 6.45) is 13.3. The third-order valence-corrected chi connectivity index (χ3v) is 7.59. The Balaban J connectivity index is 1.51. The van der Waals surface area contributed by atoms with Crippen LogP contribution in [-0.4, -0.2) is 5.97 Å². The highest BCUT2D eigenvalue weighted by Crippen LogP contribution is 2.37. The van der Waals surface area contributed by atoms with Crippen molar-refractivity contribution in [3.8, 4) is 11.8 Å². The third-order valence-electron chi connectivity index (χ3n) is 7.59. The summed E-state index contributed by atoms with van der Waals surface area (Å²) < 4.78 is 5.74. The van der Waals surface area contributed by atoms with Crippen LogP contribution in [0.4, 0.5) is 0 Å². The van der Waals surface area contributed by atoms with Gasteiger partial charge < -0.3 is 4.74 Å². The quantitative estimate of drug-likeness (QED) is 0.176. The van der Waals surface area contributed by atoms with Crippen molar-refractivity contribution < 1.29 is 9.53 Å². The van der Waals surface area contributed by atoms with E-state index in [9.17, 15) is 10.1 Å². The van der Waals surface area contributed by atoms with Crippen LogP contribution in [-0.2, 0) is 17.6 Å². The van der Waals surface area contributed by atoms with Gasteiger partial charge in [-0.25, -0.2) is 0 Å². The lowest BCUT2D eigenvalue weighted by Gasteiger charge is -2.27. The maximum atomic E-state index is 12.9. The van der Waals surface area contributed by atoms with Gasteiger partial charge in [0.15, 0.2) is 0 Å². The molecule has 1 atom stereocenters. The number of hydrogen-bond acceptors (Lipinski definition) is 3. The van der Waals surface area contributed by atoms with E-state index >= 15 is 0 Å². The van der Waals surface area contributed by atoms with Gasteiger partial charge in [-0.2, -0.15) is 5.26 Å². The van der Waals surface area contributed by atoms with E-state index in [0.717, 1.165) is 44.1 Å². The molecule has 2 aromatic carbocycles. The topological polar surface area (TPSA) is 50.1 Å². The van der Waals surface area contributed by atoms with E-state index in [0.29, 0.717) is 23.1 Å². The van der Waals surface area contributed by atoms with Gasteiger partial charge in [-0.3, -0.25) is 4.79 Å². The Labute approximate surface area is 212 Å². The first-order valence-electron chi connectivity index (χ1n) is 13.9. The molecule has 3 nitrogen and oxygen atoms in total. The normalized spacial score (nSPS) is 18.6. The number of ether oxygens (including phenoxy) is 1. The average molecular weight is 474 g/mol. The van der Waals surface area contributed by atoms with E-state index in [1.165, 1.54) is 49.7 Å². The van der Waals surface area contributed by atoms with Crippen LogP contribution in [0.3, 0.4) is 0 Å². The molecule has 1 unspecified atom stereocenters. The Bertz CT molecular complexity index is 964. The van der Waals surface area contributed by atoms with E-state index in [-0.39, 0.29) is 11.9 Å². The van der Waals surface area contributed by atoms with Gasteiger partial charge >= 0.3 is 5.97 Å². The standard InChI is InChI=1S/C32H43NO2/c1-4-6-8-10-25-11-14-27(15-12-25)28-16-18-29(19-17-28)32(34)35-31-20-13-26(22-30(31)23-33)21-24(3)9-7-5-2/h11-15,20,22,24,28-29H,4-10,16-19,21H2,1-3H3. The second-order valence-corrected chi connectivity index (χ2v) is 10.6. The summed E-state index contributed by atoms with van der Waals surface area (Å²) in [4.78, 5) is 12.9. The van der Waals surface area contributed by atoms with Crippen molar-refractivity contribution in [2.45, 2.75) is 104 Å². The zero-order chi connectivity index (χ0) is 25.0. The minimum atomic E-state index is -0.185. The Hall–Kier alpha value is -2.60. The van der Waals surface area contributed by atoms with E-state index in [1.807, 2.05) is 18.2 Å². The minimum Gasteiger partial charge on any atom is -0.425 e. The summed E-state index contributed by atoms with van der Waals surface area (Å²) in [5.41, 5.74) is 4.42. The summed E-state index contributed by atoms with van der Waals surface area (Å²) in [6.45, 7) is 6.71. The van der Waals surface area contributed by atoms with Crippen molar-refractivity contribution in [3.63, 3.8) is 0 Å². The van der Waals surface area contributed by atoms with Crippen molar-refractivity contribution in [1.82, 2.24) is 0 Å². The van der Waals surface area contributed by atoms with Crippen LogP contribution in [0.5, 0.6) is 5.75 Å². The number of carbonyl (C=O) groups excluding carboxylic acids is 1. The first kappa shape index (κ1) is 27.0. The fourth-order valence-electron chi connectivity index (χ4n) is 5.33. The second-order valence-electron chi connectivity index (χ2n) is 10.6. The molecule has 1 saturated carbocycles. The number of nitriles is 1. The van der Waals surface area contributed by atoms with Crippen LogP contribution in [0.1, 0.15) is 113 Å². The fraction of sp³-hybridized carbons (Fsp3) is 0.562. The Kier molecular flexibility index (Phi) is 10.9. The van der Waals surface area contributed by atoms with Crippen LogP contribution in [0, 0.1) is 23.2 Å². The molecule has 0 aliphatic heterocycles. The first-order valence-corrected chi connectivity index (χ1v) is 13.9. The van der Waals surface area contributed by atoms with Gasteiger partial charge in [0.1, 0.15) is 11.8 Å². The fourth-order valence-corrected chi connectivity index (χ4v) is 5.33. The maximum absolute atomic E-state index is 12.9. The number of unbranched alkanes of at least 4 members (excludes halogenated alkanes) is 3. The molecule has 0 aromatic heterocycles. The predicted octanol–water partition coefficient (Wildman–Crippen LogP) is 8.54. The van der Waals surface area contributed by atoms with E-state index in [4.69, 9.17) is 4.74 Å². The van der Waals surface area contributed by atoms with E-state index < -0.39 is 0 Å². The SMILES string of the molecule is CCCCCc1ccc(C2CCC(C(=O)Oc3ccc(CC(C)CCCC)cc3C#N)CC2)cc1. The number of hydrogen-bond donors (Lipinski definition) is 0. The summed E-state index contributed by atoms with van der Waals surface area (Å²) in [5, 5.41) is 9.64. The molecule has 0 bridgehead atoms. The zero-order valence-corrected chi connectivity index (χ0v) is 22.0. The molecule has 0 radical (unpaired) electrons. The number of rotatable bonds is 12. The largest absolute Gasteiger partial charge is 0.425 e. The summed E-state index contributed by atoms with van der Waals surface area (Å²) >= 11 is 0. The number of carbonyl (C=O) groups is 1. The van der Waals surface area contributed by atoms with Crippen LogP contribution >= 0.6 is 0 Å². The number of benzene rings is 2. The van der Waals surface area contributed by atoms with Crippen LogP contribution in [0.2, 0.25) is 0 Å². The van der Waals surface area contributed by atoms with E-state index in [2.05, 4.69) is 51.1 Å². The Morgan fingerprint density at radius 1 is 0.971 bits per heavy atom. The van der Waals surface area contributed by atoms with Gasteiger partial charge in [-0.1, -0.05) is 83.2 Å². The molecule has 0 N–H and O–H groups in total. The van der Waals surface area contributed by atoms with Crippen molar-refractivity contribution in [2.24, 2.45) is 11.8 Å². The molecule has 0 saturated heterocycles. The third kappa shape index (κ3) is 8.24. The predicted molar refractivity (Wildman–Crippen MR) is 144 cm³/mol. The van der Waals surface area contributed by atoms with Crippen LogP contribution in [0.25, 0.3) is 0 Å². The molecular weight excluding hydrogens is 430 g/mol. The van der Waals surface area contributed by atoms with Gasteiger partial charge in [0, 0.05) is 0 Å². The number of esters is 1. The summed E-state index contributed by atoms with van der Waals surface area (Å²) in [5.74, 6) is 1.24. The lowest BCUT2D eigenvalue weighted by Crippen LogP contribution is -2.25. The smallest absolute Gasteiger partial charge is 0.314 e. The molecule has 0 heterocycles. The molecule has 3 rings (SSSR count). The van der Waals surface area contributed by atoms with Gasteiger partial charge in [0.05, 0.1) is 11.5 Å². The number of nitrogens with zero attached hydrogens (tertiary/aromatic N) is 1. The highest BCUT2D eigenvalue weighted by Gasteiger charge is 2.29. The molecule has 2 aromatic rings. The molecule has 0 spiro atoms. The van der Waals surface area contributed by atoms with E-state index in [1.54, 1.807) is 0 Å². The lowest BCUT2D eigenvalue weighted by molar-refractivity contribution is -0.140. The molecule has 0 amide bonds. The molecule has 1 aliphatic rings. The Morgan fingerprint density at radius 3 is 2.31 bits per heavy atom. The second kappa shape index (κ2) is 14.1. The minimum absolute atomic E-state index is 0.0835. The molecule has 1 fully saturated rings. The molecule has 35 heavy (non-hydrogen) atoms. The van der Waals surface area contributed by atoms with Gasteiger partial charge in [0.25, 0.3) is 0 Å². The van der Waals surface area contributed by atoms with Crippen molar-refractivity contribution >= 4 is 5.97 Å². The molecule has 3 heteroatoms. The van der Waals surface area contributed by atoms with Crippen molar-refractivity contribution in [3.05, 3.63) is 64.7 Å². The first-order chi connectivity index (χ1) is 17.0. The van der Waals surface area contributed by atoms with Crippen LogP contribution in [0.15, 0.2) is 42.5 Å². The zero-order valence-electron chi connectivity index (χ0n) is 22.0. The summed E-state index contributed by atoms with van der Waals surface area (Å²) in [7, 11) is 0. The summed E-state index contributed by atoms with van der Waals surface area (Å²) in [6, 6.07) is 17.1. The van der Waals surface area contributed by atoms with Gasteiger partial charge in [-0.15, -0.1) is 0 Å². The maximum Gasteiger partial charge on any atom is 0.314 e. The van der Waals surface area contributed by atoms with Crippen molar-refractivity contribution in [2.75, 3.05) is 0 Å². The lowest BCUT2D eigenvalue weighted by atomic mass is 9.78. The van der Waals surface area contributed by atoms with Crippen molar-refractivity contribution in [1.29, 1.82) is 5.26 Å². The molecular formula is C32H43NO2. The highest BCUT2D eigenvalue weighted by molar-refractivity contribution is 5.76. The van der Waals surface area contributed by atoms with Gasteiger partial charge in [0.2, 0.25) is 0 Å². The monoisotopic (exact) mass is 473 g/mol. The van der Waals surface area contributed by atoms with Gasteiger partial charge in [-0.05, 0) is 85.6 Å². The molecule has 188 valence electrons. The average Bonchev–Trinajstić information content (AvgIpc) is 2.89. The number of aryl methyl sites for hydroxylation is 1. The highest BCUT2D eigenvalue weighted by atomic mass is 16.5. The molecule has 1 aliphatic carbocycles. The van der Waals surface area contributed by atoms with Crippen LogP contribution < -0.4 is 4.74 Å². The Morgan fingerprint density at radius 2 is 1.66 bits per heavy atom.